The zero-order valence-electron chi connectivity index (χ0n) is 14.8. The Labute approximate surface area is 144 Å². The Hall–Kier alpha value is -1.59. The van der Waals surface area contributed by atoms with E-state index < -0.39 is 0 Å². The van der Waals surface area contributed by atoms with Gasteiger partial charge in [-0.3, -0.25) is 0 Å². The lowest BCUT2D eigenvalue weighted by atomic mass is 9.82. The molecule has 2 atom stereocenters. The molecule has 2 aliphatic heterocycles. The molecule has 132 valence electrons. The third-order valence-corrected chi connectivity index (χ3v) is 5.53. The number of nitrogens with zero attached hydrogens (tertiary/aromatic N) is 1. The smallest absolute Gasteiger partial charge is 0.315 e. The Balaban J connectivity index is 1.50. The average Bonchev–Trinajstić information content (AvgIpc) is 2.55. The summed E-state index contributed by atoms with van der Waals surface area (Å²) in [7, 11) is 3.92. The van der Waals surface area contributed by atoms with E-state index in [4.69, 9.17) is 4.74 Å². The predicted molar refractivity (Wildman–Crippen MR) is 94.7 cm³/mol. The number of ether oxygens (including phenoxy) is 1. The minimum Gasteiger partial charge on any atom is -0.380 e. The molecule has 5 nitrogen and oxygen atoms in total. The zero-order chi connectivity index (χ0) is 16.9. The van der Waals surface area contributed by atoms with Gasteiger partial charge >= 0.3 is 6.03 Å². The van der Waals surface area contributed by atoms with Crippen molar-refractivity contribution in [2.45, 2.75) is 63.4 Å². The van der Waals surface area contributed by atoms with E-state index in [1.807, 2.05) is 24.3 Å². The van der Waals surface area contributed by atoms with Crippen LogP contribution in [0.4, 0.5) is 4.79 Å². The number of methoxy groups -OCH3 is 1. The number of nitrogens with one attached hydrogen (secondary N) is 2. The van der Waals surface area contributed by atoms with Gasteiger partial charge in [0.2, 0.25) is 0 Å². The van der Waals surface area contributed by atoms with Crippen LogP contribution in [0, 0.1) is 0 Å². The van der Waals surface area contributed by atoms with Gasteiger partial charge in [0.1, 0.15) is 0 Å². The number of hydrogen-bond acceptors (Lipinski definition) is 3. The van der Waals surface area contributed by atoms with E-state index in [-0.39, 0.29) is 6.03 Å². The monoisotopic (exact) mass is 331 g/mol. The van der Waals surface area contributed by atoms with Crippen LogP contribution < -0.4 is 10.6 Å². The van der Waals surface area contributed by atoms with Crippen LogP contribution in [0.2, 0.25) is 0 Å². The lowest BCUT2D eigenvalue weighted by molar-refractivity contribution is 0.0509. The molecule has 0 aliphatic carbocycles. The van der Waals surface area contributed by atoms with Crippen LogP contribution in [-0.2, 0) is 17.9 Å². The maximum Gasteiger partial charge on any atom is 0.315 e. The fourth-order valence-electron chi connectivity index (χ4n) is 4.17. The highest BCUT2D eigenvalue weighted by atomic mass is 16.5. The van der Waals surface area contributed by atoms with Gasteiger partial charge in [0.15, 0.2) is 0 Å². The first-order valence-corrected chi connectivity index (χ1v) is 8.99. The Bertz CT molecular complexity index is 549. The molecule has 2 aliphatic rings. The predicted octanol–water partition coefficient (Wildman–Crippen LogP) is 2.65. The van der Waals surface area contributed by atoms with Crippen molar-refractivity contribution >= 4 is 6.03 Å². The molecule has 2 bridgehead atoms. The van der Waals surface area contributed by atoms with Crippen LogP contribution in [0.3, 0.4) is 0 Å². The summed E-state index contributed by atoms with van der Waals surface area (Å²) in [6.45, 7) is 1.10. The lowest BCUT2D eigenvalue weighted by Gasteiger charge is -2.47. The highest BCUT2D eigenvalue weighted by Gasteiger charge is 2.36. The van der Waals surface area contributed by atoms with E-state index in [9.17, 15) is 4.79 Å². The third-order valence-electron chi connectivity index (χ3n) is 5.53. The molecule has 2 fully saturated rings. The number of urea groups is 1. The molecule has 0 spiro atoms. The van der Waals surface area contributed by atoms with Crippen LogP contribution in [0.5, 0.6) is 0 Å². The molecule has 2 amide bonds. The van der Waals surface area contributed by atoms with Gasteiger partial charge in [-0.2, -0.15) is 0 Å². The van der Waals surface area contributed by atoms with E-state index >= 15 is 0 Å². The largest absolute Gasteiger partial charge is 0.380 e. The summed E-state index contributed by atoms with van der Waals surface area (Å²) in [4.78, 5) is 14.8. The zero-order valence-corrected chi connectivity index (χ0v) is 14.8. The third kappa shape index (κ3) is 4.08. The molecule has 1 aromatic carbocycles. The number of carbonyl (C=O) groups is 1. The van der Waals surface area contributed by atoms with Gasteiger partial charge in [0.05, 0.1) is 6.61 Å². The second-order valence-corrected chi connectivity index (χ2v) is 7.10. The van der Waals surface area contributed by atoms with Gasteiger partial charge in [0, 0.05) is 31.8 Å². The van der Waals surface area contributed by atoms with Gasteiger partial charge in [-0.25, -0.2) is 4.79 Å². The molecular formula is C19H29N3O2. The standard InChI is InChI=1S/C19H29N3O2/c1-22-17-8-5-9-18(22)11-16(10-17)21-19(23)20-12-14-6-3-4-7-15(14)13-24-2/h3-4,6-7,16-18H,5,8-13H2,1-2H3,(H2,20,21,23). The van der Waals surface area contributed by atoms with Gasteiger partial charge in [0.25, 0.3) is 0 Å². The number of rotatable bonds is 5. The molecule has 2 N–H and O–H groups in total. The van der Waals surface area contributed by atoms with Crippen LogP contribution in [0.1, 0.15) is 43.2 Å². The van der Waals surface area contributed by atoms with E-state index in [1.165, 1.54) is 19.3 Å². The van der Waals surface area contributed by atoms with Crippen molar-refractivity contribution in [1.82, 2.24) is 15.5 Å². The Morgan fingerprint density at radius 1 is 1.21 bits per heavy atom. The molecule has 24 heavy (non-hydrogen) atoms. The van der Waals surface area contributed by atoms with E-state index in [0.717, 1.165) is 24.0 Å². The van der Waals surface area contributed by atoms with Crippen LogP contribution in [0.15, 0.2) is 24.3 Å². The van der Waals surface area contributed by atoms with Crippen molar-refractivity contribution in [2.75, 3.05) is 14.2 Å². The maximum atomic E-state index is 12.3. The van der Waals surface area contributed by atoms with Gasteiger partial charge in [-0.1, -0.05) is 30.7 Å². The van der Waals surface area contributed by atoms with E-state index in [2.05, 4.69) is 22.6 Å². The second-order valence-electron chi connectivity index (χ2n) is 7.10. The molecule has 0 saturated carbocycles. The molecular weight excluding hydrogens is 302 g/mol. The van der Waals surface area contributed by atoms with Crippen molar-refractivity contribution in [3.05, 3.63) is 35.4 Å². The van der Waals surface area contributed by atoms with Gasteiger partial charge in [-0.05, 0) is 43.9 Å². The van der Waals surface area contributed by atoms with E-state index in [1.54, 1.807) is 7.11 Å². The van der Waals surface area contributed by atoms with Crippen LogP contribution in [0.25, 0.3) is 0 Å². The average molecular weight is 331 g/mol. The number of piperidine rings is 2. The summed E-state index contributed by atoms with van der Waals surface area (Å²) >= 11 is 0. The highest BCUT2D eigenvalue weighted by molar-refractivity contribution is 5.74. The van der Waals surface area contributed by atoms with Crippen molar-refractivity contribution in [3.63, 3.8) is 0 Å². The first kappa shape index (κ1) is 17.2. The molecule has 2 heterocycles. The molecule has 5 heteroatoms. The maximum absolute atomic E-state index is 12.3. The summed E-state index contributed by atoms with van der Waals surface area (Å²) in [5.41, 5.74) is 2.23. The summed E-state index contributed by atoms with van der Waals surface area (Å²) in [5, 5.41) is 6.18. The van der Waals surface area contributed by atoms with Crippen LogP contribution in [-0.4, -0.2) is 43.2 Å². The van der Waals surface area contributed by atoms with Gasteiger partial charge < -0.3 is 20.3 Å². The van der Waals surface area contributed by atoms with Gasteiger partial charge in [-0.15, -0.1) is 0 Å². The first-order valence-electron chi connectivity index (χ1n) is 8.99. The molecule has 2 unspecified atom stereocenters. The van der Waals surface area contributed by atoms with E-state index in [0.29, 0.717) is 31.3 Å². The fourth-order valence-corrected chi connectivity index (χ4v) is 4.17. The summed E-state index contributed by atoms with van der Waals surface area (Å²) in [5.74, 6) is 0. The number of hydrogen-bond donors (Lipinski definition) is 2. The number of fused-ring (bicyclic) bond motifs is 2. The molecule has 0 radical (unpaired) electrons. The van der Waals surface area contributed by atoms with Crippen LogP contribution >= 0.6 is 0 Å². The van der Waals surface area contributed by atoms with Crippen molar-refractivity contribution in [1.29, 1.82) is 0 Å². The summed E-state index contributed by atoms with van der Waals surface area (Å²) in [6, 6.07) is 9.56. The lowest BCUT2D eigenvalue weighted by Crippen LogP contribution is -2.56. The summed E-state index contributed by atoms with van der Waals surface area (Å²) in [6.07, 6.45) is 5.99. The molecule has 0 aromatic heterocycles. The quantitative estimate of drug-likeness (QED) is 0.872. The topological polar surface area (TPSA) is 53.6 Å². The number of benzene rings is 1. The van der Waals surface area contributed by atoms with Crippen molar-refractivity contribution < 1.29 is 9.53 Å². The first-order chi connectivity index (χ1) is 11.7. The molecule has 3 rings (SSSR count). The Morgan fingerprint density at radius 2 is 1.88 bits per heavy atom. The Kier molecular flexibility index (Phi) is 5.74. The fraction of sp³-hybridized carbons (Fsp3) is 0.632. The number of amides is 2. The molecule has 1 aromatic rings. The number of carbonyl (C=O) groups excluding carboxylic acids is 1. The highest BCUT2D eigenvalue weighted by Crippen LogP contribution is 2.32. The Morgan fingerprint density at radius 3 is 2.54 bits per heavy atom. The minimum atomic E-state index is -0.0603. The minimum absolute atomic E-state index is 0.0603. The van der Waals surface area contributed by atoms with Crippen molar-refractivity contribution in [3.8, 4) is 0 Å². The summed E-state index contributed by atoms with van der Waals surface area (Å²) < 4.78 is 5.22. The SMILES string of the molecule is COCc1ccccc1CNC(=O)NC1CC2CCCC(C1)N2C. The second kappa shape index (κ2) is 7.99. The normalized spacial score (nSPS) is 26.8. The molecule has 2 saturated heterocycles. The van der Waals surface area contributed by atoms with Crippen molar-refractivity contribution in [2.24, 2.45) is 0 Å².